The van der Waals surface area contributed by atoms with Gasteiger partial charge in [-0.3, -0.25) is 4.79 Å². The highest BCUT2D eigenvalue weighted by atomic mass is 32.1. The second-order valence-corrected chi connectivity index (χ2v) is 7.44. The third kappa shape index (κ3) is 3.51. The van der Waals surface area contributed by atoms with Gasteiger partial charge in [0.25, 0.3) is 0 Å². The number of Topliss-reactive ketones (excluding diaryl/α,β-unsaturated/α-hetero) is 1. The topological polar surface area (TPSA) is 46.1 Å². The van der Waals surface area contributed by atoms with Crippen LogP contribution in [0.1, 0.15) is 49.5 Å². The van der Waals surface area contributed by atoms with Gasteiger partial charge < -0.3 is 4.90 Å². The number of aromatic nitrogens is 2. The summed E-state index contributed by atoms with van der Waals surface area (Å²) in [5.74, 6) is 1.38. The largest absolute Gasteiger partial charge is 0.355 e. The Hall–Kier alpha value is -1.75. The minimum atomic E-state index is 0.359. The lowest BCUT2D eigenvalue weighted by Gasteiger charge is -2.27. The van der Waals surface area contributed by atoms with E-state index in [1.165, 1.54) is 35.1 Å². The maximum Gasteiger partial charge on any atom is 0.141 e. The third-order valence-corrected chi connectivity index (χ3v) is 5.79. The number of fused-ring (bicyclic) bond motifs is 1. The van der Waals surface area contributed by atoms with Crippen molar-refractivity contribution in [3.05, 3.63) is 29.4 Å². The molecule has 4 nitrogen and oxygen atoms in total. The molecule has 0 saturated carbocycles. The van der Waals surface area contributed by atoms with Gasteiger partial charge in [-0.1, -0.05) is 25.8 Å². The molecule has 24 heavy (non-hydrogen) atoms. The minimum Gasteiger partial charge on any atom is -0.355 e. The first-order valence-corrected chi connectivity index (χ1v) is 9.69. The molecular formula is C19H25N3OS. The molecule has 1 saturated heterocycles. The summed E-state index contributed by atoms with van der Waals surface area (Å²) in [6, 6.07) is 0. The lowest BCUT2D eigenvalue weighted by atomic mass is 10.0. The zero-order valence-electron chi connectivity index (χ0n) is 14.4. The molecule has 2 aromatic rings. The molecule has 1 fully saturated rings. The van der Waals surface area contributed by atoms with E-state index in [1.54, 1.807) is 17.7 Å². The molecular weight excluding hydrogens is 318 g/mol. The molecule has 3 rings (SSSR count). The summed E-state index contributed by atoms with van der Waals surface area (Å²) in [6.45, 7) is 7.68. The van der Waals surface area contributed by atoms with E-state index in [0.29, 0.717) is 18.6 Å². The fourth-order valence-electron chi connectivity index (χ4n) is 3.34. The molecule has 0 bridgehead atoms. The van der Waals surface area contributed by atoms with Crippen molar-refractivity contribution in [2.24, 2.45) is 0 Å². The Morgan fingerprint density at radius 1 is 1.29 bits per heavy atom. The number of hydrogen-bond donors (Lipinski definition) is 0. The molecule has 0 spiro atoms. The smallest absolute Gasteiger partial charge is 0.141 e. The Morgan fingerprint density at radius 3 is 2.79 bits per heavy atom. The zero-order valence-corrected chi connectivity index (χ0v) is 15.2. The minimum absolute atomic E-state index is 0.359. The number of carbonyl (C=O) groups excluding carboxylic acids is 1. The van der Waals surface area contributed by atoms with Crippen LogP contribution in [0.5, 0.6) is 0 Å². The zero-order chi connectivity index (χ0) is 16.9. The van der Waals surface area contributed by atoms with E-state index in [9.17, 15) is 4.79 Å². The normalized spacial score (nSPS) is 15.2. The van der Waals surface area contributed by atoms with Crippen molar-refractivity contribution in [2.75, 3.05) is 18.0 Å². The van der Waals surface area contributed by atoms with Crippen LogP contribution in [0.15, 0.2) is 19.0 Å². The summed E-state index contributed by atoms with van der Waals surface area (Å²) in [5, 5.41) is 1.21. The number of thiophene rings is 1. The SMILES string of the molecule is C=CCc1sc2ncnc(N3CCC(=O)CC3)c2c1CCCCC. The molecule has 3 heterocycles. The fraction of sp³-hybridized carbons (Fsp3) is 0.526. The molecule has 0 radical (unpaired) electrons. The van der Waals surface area contributed by atoms with Crippen molar-refractivity contribution >= 4 is 33.2 Å². The van der Waals surface area contributed by atoms with Gasteiger partial charge in [0.1, 0.15) is 22.8 Å². The van der Waals surface area contributed by atoms with Crippen LogP contribution in [0, 0.1) is 0 Å². The summed E-state index contributed by atoms with van der Waals surface area (Å²) in [6.07, 6.45) is 10.5. The number of ketones is 1. The lowest BCUT2D eigenvalue weighted by Crippen LogP contribution is -2.34. The number of allylic oxidation sites excluding steroid dienone is 1. The van der Waals surface area contributed by atoms with Gasteiger partial charge in [-0.05, 0) is 24.8 Å². The van der Waals surface area contributed by atoms with E-state index in [0.717, 1.165) is 36.6 Å². The van der Waals surface area contributed by atoms with Crippen molar-refractivity contribution < 1.29 is 4.79 Å². The average Bonchev–Trinajstić information content (AvgIpc) is 2.94. The van der Waals surface area contributed by atoms with Crippen LogP contribution in [0.3, 0.4) is 0 Å². The molecule has 5 heteroatoms. The third-order valence-electron chi connectivity index (χ3n) is 4.63. The molecule has 0 amide bonds. The van der Waals surface area contributed by atoms with Crippen LogP contribution in [-0.2, 0) is 17.6 Å². The summed E-state index contributed by atoms with van der Waals surface area (Å²) in [4.78, 5) is 25.4. The first-order chi connectivity index (χ1) is 11.7. The summed E-state index contributed by atoms with van der Waals surface area (Å²) in [7, 11) is 0. The number of piperidine rings is 1. The summed E-state index contributed by atoms with van der Waals surface area (Å²) < 4.78 is 0. The van der Waals surface area contributed by atoms with Crippen molar-refractivity contribution in [1.82, 2.24) is 9.97 Å². The van der Waals surface area contributed by atoms with Gasteiger partial charge in [-0.15, -0.1) is 17.9 Å². The fourth-order valence-corrected chi connectivity index (χ4v) is 4.52. The van der Waals surface area contributed by atoms with Gasteiger partial charge in [-0.25, -0.2) is 9.97 Å². The number of carbonyl (C=O) groups is 1. The number of unbranched alkanes of at least 4 members (excludes halogenated alkanes) is 2. The maximum atomic E-state index is 11.6. The molecule has 1 aliphatic rings. The van der Waals surface area contributed by atoms with Crippen LogP contribution in [0.4, 0.5) is 5.82 Å². The van der Waals surface area contributed by atoms with Crippen molar-refractivity contribution in [2.45, 2.75) is 51.9 Å². The Kier molecular flexibility index (Phi) is 5.61. The van der Waals surface area contributed by atoms with Gasteiger partial charge in [0.2, 0.25) is 0 Å². The second kappa shape index (κ2) is 7.88. The summed E-state index contributed by atoms with van der Waals surface area (Å²) in [5.41, 5.74) is 1.40. The first kappa shape index (κ1) is 17.1. The molecule has 1 aliphatic heterocycles. The van der Waals surface area contributed by atoms with Gasteiger partial charge in [-0.2, -0.15) is 0 Å². The summed E-state index contributed by atoms with van der Waals surface area (Å²) >= 11 is 1.77. The molecule has 0 N–H and O–H groups in total. The van der Waals surface area contributed by atoms with E-state index in [-0.39, 0.29) is 0 Å². The van der Waals surface area contributed by atoms with Crippen LogP contribution in [0.25, 0.3) is 10.2 Å². The van der Waals surface area contributed by atoms with E-state index in [2.05, 4.69) is 28.4 Å². The van der Waals surface area contributed by atoms with Gasteiger partial charge in [0.05, 0.1) is 5.39 Å². The van der Waals surface area contributed by atoms with Gasteiger partial charge >= 0.3 is 0 Å². The van der Waals surface area contributed by atoms with E-state index in [4.69, 9.17) is 0 Å². The van der Waals surface area contributed by atoms with Crippen molar-refractivity contribution in [1.29, 1.82) is 0 Å². The predicted octanol–water partition coefficient (Wildman–Crippen LogP) is 4.32. The predicted molar refractivity (Wildman–Crippen MR) is 101 cm³/mol. The highest BCUT2D eigenvalue weighted by Gasteiger charge is 2.23. The van der Waals surface area contributed by atoms with Gasteiger partial charge in [0.15, 0.2) is 0 Å². The highest BCUT2D eigenvalue weighted by molar-refractivity contribution is 7.19. The lowest BCUT2D eigenvalue weighted by molar-refractivity contribution is -0.119. The average molecular weight is 343 g/mol. The molecule has 128 valence electrons. The molecule has 0 aromatic carbocycles. The number of hydrogen-bond acceptors (Lipinski definition) is 5. The van der Waals surface area contributed by atoms with Crippen molar-refractivity contribution in [3.63, 3.8) is 0 Å². The monoisotopic (exact) mass is 343 g/mol. The second-order valence-electron chi connectivity index (χ2n) is 6.36. The van der Waals surface area contributed by atoms with Crippen molar-refractivity contribution in [3.8, 4) is 0 Å². The van der Waals surface area contributed by atoms with E-state index < -0.39 is 0 Å². The number of anilines is 1. The number of nitrogens with zero attached hydrogens (tertiary/aromatic N) is 3. The Labute approximate surface area is 147 Å². The molecule has 2 aromatic heterocycles. The number of aryl methyl sites for hydroxylation is 1. The molecule has 0 atom stereocenters. The van der Waals surface area contributed by atoms with Crippen LogP contribution >= 0.6 is 11.3 Å². The number of rotatable bonds is 7. The Morgan fingerprint density at radius 2 is 2.08 bits per heavy atom. The maximum absolute atomic E-state index is 11.6. The quantitative estimate of drug-likeness (QED) is 0.555. The Balaban J connectivity index is 2.01. The van der Waals surface area contributed by atoms with E-state index in [1.807, 2.05) is 6.08 Å². The van der Waals surface area contributed by atoms with Crippen LogP contribution in [0.2, 0.25) is 0 Å². The first-order valence-electron chi connectivity index (χ1n) is 8.87. The molecule has 0 unspecified atom stereocenters. The van der Waals surface area contributed by atoms with Crippen LogP contribution < -0.4 is 4.90 Å². The Bertz CT molecular complexity index is 728. The highest BCUT2D eigenvalue weighted by Crippen LogP contribution is 2.37. The van der Waals surface area contributed by atoms with Crippen LogP contribution in [-0.4, -0.2) is 28.8 Å². The molecule has 0 aliphatic carbocycles. The van der Waals surface area contributed by atoms with Gasteiger partial charge in [0, 0.05) is 30.8 Å². The standard InChI is InChI=1S/C19H25N3OS/c1-3-5-6-8-15-16(7-4-2)24-19-17(15)18(20-13-21-19)22-11-9-14(23)10-12-22/h4,13H,2-3,5-12H2,1H3. The van der Waals surface area contributed by atoms with E-state index >= 15 is 0 Å².